The molecule has 0 aromatic heterocycles. The molecule has 13 heavy (non-hydrogen) atoms. The SMILES string of the molecule is CCC1(O)C(O)=CC=CC1C(=O)[O-]. The van der Waals surface area contributed by atoms with Crippen molar-refractivity contribution in [1.29, 1.82) is 0 Å². The molecule has 4 nitrogen and oxygen atoms in total. The Morgan fingerprint density at radius 3 is 2.77 bits per heavy atom. The van der Waals surface area contributed by atoms with Gasteiger partial charge in [0.1, 0.15) is 11.4 Å². The molecule has 0 aliphatic heterocycles. The van der Waals surface area contributed by atoms with Gasteiger partial charge in [-0.25, -0.2) is 0 Å². The van der Waals surface area contributed by atoms with Gasteiger partial charge in [-0.05, 0) is 12.5 Å². The number of rotatable bonds is 2. The van der Waals surface area contributed by atoms with Crippen LogP contribution in [-0.2, 0) is 4.79 Å². The predicted molar refractivity (Wildman–Crippen MR) is 43.6 cm³/mol. The number of carboxylic acid groups (broad SMARTS) is 1. The van der Waals surface area contributed by atoms with E-state index >= 15 is 0 Å². The number of aliphatic hydroxyl groups is 2. The number of carbonyl (C=O) groups is 1. The highest BCUT2D eigenvalue weighted by molar-refractivity contribution is 5.73. The summed E-state index contributed by atoms with van der Waals surface area (Å²) in [6.45, 7) is 1.60. The molecular formula is C9H11O4-. The van der Waals surface area contributed by atoms with Crippen LogP contribution in [0.2, 0.25) is 0 Å². The van der Waals surface area contributed by atoms with Crippen LogP contribution >= 0.6 is 0 Å². The first-order valence-corrected chi connectivity index (χ1v) is 4.03. The zero-order chi connectivity index (χ0) is 10.1. The Labute approximate surface area is 75.8 Å². The molecule has 1 aliphatic rings. The zero-order valence-electron chi connectivity index (χ0n) is 7.23. The molecule has 0 saturated carbocycles. The van der Waals surface area contributed by atoms with Crippen LogP contribution in [-0.4, -0.2) is 21.8 Å². The Hall–Kier alpha value is -1.29. The summed E-state index contributed by atoms with van der Waals surface area (Å²) in [5, 5.41) is 29.7. The normalized spacial score (nSPS) is 32.8. The third kappa shape index (κ3) is 1.45. The summed E-state index contributed by atoms with van der Waals surface area (Å²) in [7, 11) is 0. The molecule has 1 rings (SSSR count). The Morgan fingerprint density at radius 1 is 1.77 bits per heavy atom. The first-order chi connectivity index (χ1) is 6.02. The van der Waals surface area contributed by atoms with E-state index in [-0.39, 0.29) is 12.2 Å². The van der Waals surface area contributed by atoms with Gasteiger partial charge >= 0.3 is 0 Å². The van der Waals surface area contributed by atoms with Crippen LogP contribution in [0.15, 0.2) is 24.0 Å². The monoisotopic (exact) mass is 183 g/mol. The van der Waals surface area contributed by atoms with Gasteiger partial charge in [-0.2, -0.15) is 0 Å². The third-order valence-electron chi connectivity index (χ3n) is 2.31. The molecule has 0 spiro atoms. The van der Waals surface area contributed by atoms with E-state index in [1.807, 2.05) is 0 Å². The Kier molecular flexibility index (Phi) is 2.43. The molecule has 2 unspecified atom stereocenters. The summed E-state index contributed by atoms with van der Waals surface area (Å²) in [5.41, 5.74) is -1.71. The summed E-state index contributed by atoms with van der Waals surface area (Å²) >= 11 is 0. The number of carboxylic acids is 1. The van der Waals surface area contributed by atoms with E-state index in [4.69, 9.17) is 0 Å². The van der Waals surface area contributed by atoms with Crippen molar-refractivity contribution in [3.63, 3.8) is 0 Å². The maximum atomic E-state index is 10.6. The number of hydrogen-bond donors (Lipinski definition) is 2. The molecule has 0 aromatic carbocycles. The minimum Gasteiger partial charge on any atom is -0.549 e. The van der Waals surface area contributed by atoms with Gasteiger partial charge < -0.3 is 20.1 Å². The molecule has 0 aromatic rings. The van der Waals surface area contributed by atoms with Crippen molar-refractivity contribution in [3.8, 4) is 0 Å². The van der Waals surface area contributed by atoms with Gasteiger partial charge in [-0.3, -0.25) is 0 Å². The number of aliphatic carboxylic acids is 1. The topological polar surface area (TPSA) is 80.6 Å². The van der Waals surface area contributed by atoms with E-state index < -0.39 is 17.5 Å². The molecule has 2 atom stereocenters. The second-order valence-corrected chi connectivity index (χ2v) is 3.01. The fourth-order valence-electron chi connectivity index (χ4n) is 1.40. The lowest BCUT2D eigenvalue weighted by Crippen LogP contribution is -2.48. The van der Waals surface area contributed by atoms with E-state index in [0.717, 1.165) is 0 Å². The molecule has 2 N–H and O–H groups in total. The molecule has 0 bridgehead atoms. The molecule has 0 heterocycles. The second kappa shape index (κ2) is 3.22. The highest BCUT2D eigenvalue weighted by atomic mass is 16.4. The summed E-state index contributed by atoms with van der Waals surface area (Å²) in [6.07, 6.45) is 4.10. The van der Waals surface area contributed by atoms with Crippen molar-refractivity contribution in [2.24, 2.45) is 5.92 Å². The second-order valence-electron chi connectivity index (χ2n) is 3.01. The van der Waals surface area contributed by atoms with E-state index in [2.05, 4.69) is 0 Å². The van der Waals surface area contributed by atoms with Gasteiger partial charge in [0.15, 0.2) is 0 Å². The van der Waals surface area contributed by atoms with Crippen LogP contribution in [0, 0.1) is 5.92 Å². The lowest BCUT2D eigenvalue weighted by molar-refractivity contribution is -0.314. The highest BCUT2D eigenvalue weighted by Gasteiger charge is 2.39. The van der Waals surface area contributed by atoms with Gasteiger partial charge in [0.25, 0.3) is 0 Å². The van der Waals surface area contributed by atoms with Crippen molar-refractivity contribution in [2.75, 3.05) is 0 Å². The van der Waals surface area contributed by atoms with Crippen LogP contribution in [0.4, 0.5) is 0 Å². The van der Waals surface area contributed by atoms with Crippen molar-refractivity contribution in [3.05, 3.63) is 24.0 Å². The lowest BCUT2D eigenvalue weighted by Gasteiger charge is -2.35. The van der Waals surface area contributed by atoms with Crippen molar-refractivity contribution in [2.45, 2.75) is 18.9 Å². The van der Waals surface area contributed by atoms with Crippen molar-refractivity contribution < 1.29 is 20.1 Å². The van der Waals surface area contributed by atoms with Crippen LogP contribution in [0.1, 0.15) is 13.3 Å². The number of aliphatic hydroxyl groups excluding tert-OH is 1. The summed E-state index contributed by atoms with van der Waals surface area (Å²) in [6, 6.07) is 0. The molecule has 0 fully saturated rings. The molecule has 0 saturated heterocycles. The largest absolute Gasteiger partial charge is 0.549 e. The number of allylic oxidation sites excluding steroid dienone is 2. The minimum atomic E-state index is -1.71. The van der Waals surface area contributed by atoms with Gasteiger partial charge in [-0.1, -0.05) is 19.1 Å². The zero-order valence-corrected chi connectivity index (χ0v) is 7.23. The van der Waals surface area contributed by atoms with E-state index in [0.29, 0.717) is 0 Å². The van der Waals surface area contributed by atoms with Crippen molar-refractivity contribution >= 4 is 5.97 Å². The Bertz CT molecular complexity index is 279. The van der Waals surface area contributed by atoms with E-state index in [1.165, 1.54) is 18.2 Å². The summed E-state index contributed by atoms with van der Waals surface area (Å²) in [5.74, 6) is -2.89. The first-order valence-electron chi connectivity index (χ1n) is 4.03. The maximum absolute atomic E-state index is 10.6. The predicted octanol–water partition coefficient (Wildman–Crippen LogP) is -0.495. The van der Waals surface area contributed by atoms with Crippen LogP contribution < -0.4 is 5.11 Å². The average molecular weight is 183 g/mol. The highest BCUT2D eigenvalue weighted by Crippen LogP contribution is 2.31. The van der Waals surface area contributed by atoms with Gasteiger partial charge in [0, 0.05) is 0 Å². The first kappa shape index (κ1) is 9.80. The standard InChI is InChI=1S/C9H12O4/c1-2-9(13)6(8(11)12)4-3-5-7(9)10/h3-6,10,13H,2H2,1H3,(H,11,12)/p-1. The minimum absolute atomic E-state index is 0.123. The molecule has 1 aliphatic carbocycles. The molecular weight excluding hydrogens is 172 g/mol. The maximum Gasteiger partial charge on any atom is 0.132 e. The van der Waals surface area contributed by atoms with Crippen LogP contribution in [0.5, 0.6) is 0 Å². The van der Waals surface area contributed by atoms with Gasteiger partial charge in [0.2, 0.25) is 0 Å². The number of hydrogen-bond acceptors (Lipinski definition) is 4. The Morgan fingerprint density at radius 2 is 2.38 bits per heavy atom. The van der Waals surface area contributed by atoms with Crippen molar-refractivity contribution in [1.82, 2.24) is 0 Å². The lowest BCUT2D eigenvalue weighted by atomic mass is 9.80. The molecule has 4 heteroatoms. The molecule has 0 radical (unpaired) electrons. The molecule has 0 amide bonds. The van der Waals surface area contributed by atoms with Crippen LogP contribution in [0.25, 0.3) is 0 Å². The van der Waals surface area contributed by atoms with Gasteiger partial charge in [0.05, 0.1) is 11.9 Å². The fraction of sp³-hybridized carbons (Fsp3) is 0.444. The average Bonchev–Trinajstić information content (AvgIpc) is 2.09. The third-order valence-corrected chi connectivity index (χ3v) is 2.31. The summed E-state index contributed by atoms with van der Waals surface area (Å²) in [4.78, 5) is 10.6. The fourth-order valence-corrected chi connectivity index (χ4v) is 1.40. The van der Waals surface area contributed by atoms with Gasteiger partial charge in [-0.15, -0.1) is 0 Å². The van der Waals surface area contributed by atoms with E-state index in [1.54, 1.807) is 6.92 Å². The summed E-state index contributed by atoms with van der Waals surface area (Å²) < 4.78 is 0. The molecule has 72 valence electrons. The van der Waals surface area contributed by atoms with E-state index in [9.17, 15) is 20.1 Å². The van der Waals surface area contributed by atoms with Crippen LogP contribution in [0.3, 0.4) is 0 Å². The number of carbonyl (C=O) groups excluding carboxylic acids is 1. The quantitative estimate of drug-likeness (QED) is 0.605. The Balaban J connectivity index is 3.06. The smallest absolute Gasteiger partial charge is 0.132 e.